The van der Waals surface area contributed by atoms with Crippen molar-refractivity contribution in [2.45, 2.75) is 5.97 Å². The molecule has 18 heavy (non-hydrogen) atoms. The van der Waals surface area contributed by atoms with Crippen molar-refractivity contribution < 1.29 is 25.2 Å². The van der Waals surface area contributed by atoms with Gasteiger partial charge in [0.2, 0.25) is 5.82 Å². The lowest BCUT2D eigenvalue weighted by Crippen LogP contribution is -2.28. The molecule has 8 heteroatoms. The molecule has 4 N–H and O–H groups in total. The Hall–Kier alpha value is -2.29. The van der Waals surface area contributed by atoms with Crippen LogP contribution in [0.15, 0.2) is 30.3 Å². The van der Waals surface area contributed by atoms with Crippen molar-refractivity contribution in [3.63, 3.8) is 0 Å². The smallest absolute Gasteiger partial charge is 0.375 e. The molecule has 0 unspecified atom stereocenters. The lowest BCUT2D eigenvalue weighted by molar-refractivity contribution is -0.329. The van der Waals surface area contributed by atoms with Crippen molar-refractivity contribution in [3.8, 4) is 5.69 Å². The molecule has 2 rings (SSSR count). The third-order valence-corrected chi connectivity index (χ3v) is 2.10. The summed E-state index contributed by atoms with van der Waals surface area (Å²) in [6, 6.07) is 8.05. The van der Waals surface area contributed by atoms with E-state index in [9.17, 15) is 4.79 Å². The van der Waals surface area contributed by atoms with Gasteiger partial charge in [0, 0.05) is 0 Å². The van der Waals surface area contributed by atoms with E-state index in [1.54, 1.807) is 18.2 Å². The van der Waals surface area contributed by atoms with Gasteiger partial charge in [-0.05, 0) is 12.1 Å². The second-order valence-corrected chi connectivity index (χ2v) is 3.45. The number of carboxylic acid groups (broad SMARTS) is 1. The molecular formula is C10H9N3O5. The van der Waals surface area contributed by atoms with Crippen molar-refractivity contribution in [3.05, 3.63) is 42.0 Å². The third-order valence-electron chi connectivity index (χ3n) is 2.10. The number of aromatic nitrogens is 3. The summed E-state index contributed by atoms with van der Waals surface area (Å²) in [5, 5.41) is 39.7. The predicted molar refractivity (Wildman–Crippen MR) is 56.7 cm³/mol. The molecule has 0 spiro atoms. The Bertz CT molecular complexity index is 573. The monoisotopic (exact) mass is 251 g/mol. The molecular weight excluding hydrogens is 242 g/mol. The number of aromatic carboxylic acids is 1. The Balaban J connectivity index is 2.62. The van der Waals surface area contributed by atoms with Gasteiger partial charge in [-0.25, -0.2) is 9.48 Å². The van der Waals surface area contributed by atoms with Gasteiger partial charge in [0.15, 0.2) is 0 Å². The molecule has 0 bridgehead atoms. The van der Waals surface area contributed by atoms with Gasteiger partial charge in [-0.3, -0.25) is 0 Å². The van der Waals surface area contributed by atoms with E-state index in [1.165, 1.54) is 12.1 Å². The standard InChI is InChI=1S/C10H9N3O5/c14-8(15)7-11-9(10(16,17)18)13(12-7)6-4-2-1-3-5-6/h1-5,16-18H,(H,14,15). The van der Waals surface area contributed by atoms with Crippen LogP contribution in [0.5, 0.6) is 0 Å². The molecule has 1 aromatic carbocycles. The van der Waals surface area contributed by atoms with Crippen LogP contribution in [0.3, 0.4) is 0 Å². The Morgan fingerprint density at radius 2 is 1.78 bits per heavy atom. The summed E-state index contributed by atoms with van der Waals surface area (Å²) in [5.41, 5.74) is 0.328. The number of aliphatic hydroxyl groups is 3. The van der Waals surface area contributed by atoms with E-state index in [0.717, 1.165) is 4.68 Å². The molecule has 0 aliphatic rings. The number of benzene rings is 1. The number of rotatable bonds is 3. The Labute approximate surface area is 100 Å². The first-order valence-electron chi connectivity index (χ1n) is 4.83. The zero-order valence-electron chi connectivity index (χ0n) is 8.93. The molecule has 0 atom stereocenters. The average Bonchev–Trinajstić information content (AvgIpc) is 2.74. The first kappa shape index (κ1) is 12.2. The summed E-state index contributed by atoms with van der Waals surface area (Å²) in [6.45, 7) is 0. The van der Waals surface area contributed by atoms with Crippen molar-refractivity contribution in [1.82, 2.24) is 14.8 Å². The predicted octanol–water partition coefficient (Wildman–Crippen LogP) is -0.947. The van der Waals surface area contributed by atoms with E-state index < -0.39 is 23.6 Å². The third kappa shape index (κ3) is 2.20. The van der Waals surface area contributed by atoms with Crippen molar-refractivity contribution >= 4 is 5.97 Å². The number of nitrogens with zero attached hydrogens (tertiary/aromatic N) is 3. The minimum absolute atomic E-state index is 0.328. The lowest BCUT2D eigenvalue weighted by atomic mass is 10.3. The summed E-state index contributed by atoms with van der Waals surface area (Å²) >= 11 is 0. The molecule has 0 aliphatic heterocycles. The van der Waals surface area contributed by atoms with E-state index in [0.29, 0.717) is 5.69 Å². The van der Waals surface area contributed by atoms with Gasteiger partial charge in [0.05, 0.1) is 5.69 Å². The molecule has 0 radical (unpaired) electrons. The highest BCUT2D eigenvalue weighted by Gasteiger charge is 2.32. The normalized spacial score (nSPS) is 11.5. The highest BCUT2D eigenvalue weighted by Crippen LogP contribution is 2.17. The maximum absolute atomic E-state index is 10.7. The van der Waals surface area contributed by atoms with Crippen LogP contribution in [0.4, 0.5) is 0 Å². The molecule has 1 heterocycles. The molecule has 0 fully saturated rings. The number of para-hydroxylation sites is 1. The van der Waals surface area contributed by atoms with Crippen LogP contribution in [0, 0.1) is 0 Å². The fraction of sp³-hybridized carbons (Fsp3) is 0.100. The number of hydrogen-bond acceptors (Lipinski definition) is 6. The maximum atomic E-state index is 10.7. The minimum atomic E-state index is -3.28. The number of hydrogen-bond donors (Lipinski definition) is 4. The molecule has 0 amide bonds. The fourth-order valence-electron chi connectivity index (χ4n) is 1.37. The largest absolute Gasteiger partial charge is 0.475 e. The summed E-state index contributed by atoms with van der Waals surface area (Å²) in [4.78, 5) is 14.1. The van der Waals surface area contributed by atoms with E-state index in [-0.39, 0.29) is 0 Å². The van der Waals surface area contributed by atoms with Gasteiger partial charge in [-0.15, -0.1) is 5.10 Å². The zero-order chi connectivity index (χ0) is 13.3. The summed E-state index contributed by atoms with van der Waals surface area (Å²) in [7, 11) is 0. The first-order valence-corrected chi connectivity index (χ1v) is 4.83. The molecule has 0 aliphatic carbocycles. The quantitative estimate of drug-likeness (QED) is 0.518. The highest BCUT2D eigenvalue weighted by molar-refractivity contribution is 5.83. The highest BCUT2D eigenvalue weighted by atomic mass is 16.7. The molecule has 0 saturated heterocycles. The zero-order valence-corrected chi connectivity index (χ0v) is 8.93. The van der Waals surface area contributed by atoms with Crippen LogP contribution < -0.4 is 0 Å². The molecule has 1 aromatic heterocycles. The van der Waals surface area contributed by atoms with Gasteiger partial charge >= 0.3 is 11.9 Å². The second-order valence-electron chi connectivity index (χ2n) is 3.45. The summed E-state index contributed by atoms with van der Waals surface area (Å²) < 4.78 is 0.837. The SMILES string of the molecule is O=C(O)c1nc(C(O)(O)O)n(-c2ccccc2)n1. The Morgan fingerprint density at radius 1 is 1.17 bits per heavy atom. The molecule has 2 aromatic rings. The van der Waals surface area contributed by atoms with Crippen LogP contribution in [-0.2, 0) is 5.97 Å². The van der Waals surface area contributed by atoms with Crippen LogP contribution >= 0.6 is 0 Å². The molecule has 94 valence electrons. The second kappa shape index (κ2) is 4.18. The molecule has 8 nitrogen and oxygen atoms in total. The van der Waals surface area contributed by atoms with Crippen LogP contribution in [0.1, 0.15) is 16.4 Å². The first-order chi connectivity index (χ1) is 8.39. The van der Waals surface area contributed by atoms with Crippen LogP contribution in [-0.4, -0.2) is 41.2 Å². The topological polar surface area (TPSA) is 129 Å². The van der Waals surface area contributed by atoms with E-state index >= 15 is 0 Å². The minimum Gasteiger partial charge on any atom is -0.475 e. The van der Waals surface area contributed by atoms with Gasteiger partial charge < -0.3 is 20.4 Å². The fourth-order valence-corrected chi connectivity index (χ4v) is 1.37. The average molecular weight is 251 g/mol. The Morgan fingerprint density at radius 3 is 2.28 bits per heavy atom. The number of carbonyl (C=O) groups is 1. The van der Waals surface area contributed by atoms with Gasteiger partial charge in [-0.2, -0.15) is 4.98 Å². The van der Waals surface area contributed by atoms with Crippen LogP contribution in [0.2, 0.25) is 0 Å². The van der Waals surface area contributed by atoms with Crippen molar-refractivity contribution in [1.29, 1.82) is 0 Å². The van der Waals surface area contributed by atoms with Crippen molar-refractivity contribution in [2.24, 2.45) is 0 Å². The summed E-state index contributed by atoms with van der Waals surface area (Å²) in [5.74, 6) is -6.09. The van der Waals surface area contributed by atoms with Gasteiger partial charge in [0.1, 0.15) is 0 Å². The molecule has 0 saturated carbocycles. The van der Waals surface area contributed by atoms with Crippen LogP contribution in [0.25, 0.3) is 5.69 Å². The van der Waals surface area contributed by atoms with Gasteiger partial charge in [0.25, 0.3) is 5.82 Å². The van der Waals surface area contributed by atoms with E-state index in [1.807, 2.05) is 0 Å². The number of carboxylic acids is 1. The van der Waals surface area contributed by atoms with Crippen molar-refractivity contribution in [2.75, 3.05) is 0 Å². The van der Waals surface area contributed by atoms with E-state index in [2.05, 4.69) is 10.1 Å². The maximum Gasteiger partial charge on any atom is 0.375 e. The van der Waals surface area contributed by atoms with Gasteiger partial charge in [-0.1, -0.05) is 18.2 Å². The Kier molecular flexibility index (Phi) is 2.83. The summed E-state index contributed by atoms with van der Waals surface area (Å²) in [6.07, 6.45) is 0. The lowest BCUT2D eigenvalue weighted by Gasteiger charge is -2.13. The van der Waals surface area contributed by atoms with E-state index in [4.69, 9.17) is 20.4 Å².